The van der Waals surface area contributed by atoms with Crippen LogP contribution < -0.4 is 20.4 Å². The molecule has 0 bridgehead atoms. The number of carbonyl (C=O) groups is 3. The van der Waals surface area contributed by atoms with Crippen LogP contribution in [0.5, 0.6) is 0 Å². The summed E-state index contributed by atoms with van der Waals surface area (Å²) in [6.45, 7) is 7.28. The molecule has 8 heteroatoms. The van der Waals surface area contributed by atoms with Crippen molar-refractivity contribution >= 4 is 30.1 Å². The summed E-state index contributed by atoms with van der Waals surface area (Å²) in [5.74, 6) is 1.25. The summed E-state index contributed by atoms with van der Waals surface area (Å²) < 4.78 is 0. The average molecular weight is 486 g/mol. The molecule has 2 heterocycles. The van der Waals surface area contributed by atoms with E-state index in [2.05, 4.69) is 21.6 Å². The molecule has 3 rings (SSSR count). The highest BCUT2D eigenvalue weighted by molar-refractivity contribution is 5.98. The summed E-state index contributed by atoms with van der Waals surface area (Å²) in [6, 6.07) is 5.22. The average Bonchev–Trinajstić information content (AvgIpc) is 2.86. The quantitative estimate of drug-likeness (QED) is 0.443. The number of rotatable bonds is 12. The van der Waals surface area contributed by atoms with Gasteiger partial charge in [-0.1, -0.05) is 25.5 Å². The predicted octanol–water partition coefficient (Wildman–Crippen LogP) is 2.76. The zero-order valence-corrected chi connectivity index (χ0v) is 21.7. The van der Waals surface area contributed by atoms with E-state index in [1.165, 1.54) is 50.1 Å². The van der Waals surface area contributed by atoms with Gasteiger partial charge >= 0.3 is 0 Å². The summed E-state index contributed by atoms with van der Waals surface area (Å²) in [4.78, 5) is 41.7. The van der Waals surface area contributed by atoms with Crippen LogP contribution in [-0.2, 0) is 20.9 Å². The largest absolute Gasteiger partial charge is 0.376 e. The van der Waals surface area contributed by atoms with Crippen LogP contribution in [0.4, 0.5) is 11.4 Å². The van der Waals surface area contributed by atoms with Gasteiger partial charge in [-0.15, -0.1) is 0 Å². The third-order valence-corrected chi connectivity index (χ3v) is 7.57. The summed E-state index contributed by atoms with van der Waals surface area (Å²) >= 11 is 0. The van der Waals surface area contributed by atoms with Gasteiger partial charge in [-0.2, -0.15) is 0 Å². The van der Waals surface area contributed by atoms with Gasteiger partial charge in [-0.05, 0) is 88.2 Å². The minimum absolute atomic E-state index is 0.381. The van der Waals surface area contributed by atoms with E-state index in [9.17, 15) is 14.4 Å². The molecule has 1 atom stereocenters. The Kier molecular flexibility index (Phi) is 10.5. The van der Waals surface area contributed by atoms with Gasteiger partial charge in [0.2, 0.25) is 18.7 Å². The van der Waals surface area contributed by atoms with Gasteiger partial charge in [-0.25, -0.2) is 0 Å². The Morgan fingerprint density at radius 1 is 1.14 bits per heavy atom. The molecule has 0 radical (unpaired) electrons. The monoisotopic (exact) mass is 485 g/mol. The normalized spacial score (nSPS) is 18.6. The summed E-state index contributed by atoms with van der Waals surface area (Å²) in [5, 5.41) is 5.70. The smallest absolute Gasteiger partial charge is 0.249 e. The van der Waals surface area contributed by atoms with E-state index in [1.807, 2.05) is 38.1 Å². The zero-order chi connectivity index (χ0) is 25.2. The van der Waals surface area contributed by atoms with Crippen molar-refractivity contribution < 1.29 is 14.4 Å². The van der Waals surface area contributed by atoms with E-state index in [0.717, 1.165) is 42.7 Å². The van der Waals surface area contributed by atoms with Crippen LogP contribution in [0.2, 0.25) is 0 Å². The highest BCUT2D eigenvalue weighted by Gasteiger charge is 2.29. The van der Waals surface area contributed by atoms with Gasteiger partial charge in [0.15, 0.2) is 0 Å². The Morgan fingerprint density at radius 2 is 1.83 bits per heavy atom. The molecule has 0 spiro atoms. The number of carbonyl (C=O) groups excluding carboxylic acids is 3. The molecule has 8 nitrogen and oxygen atoms in total. The van der Waals surface area contributed by atoms with Crippen LogP contribution in [0.25, 0.3) is 0 Å². The lowest BCUT2D eigenvalue weighted by Crippen LogP contribution is -2.46. The second-order valence-electron chi connectivity index (χ2n) is 10.3. The standard InChI is InChI=1S/C27H43N5O3/c1-4-6-25(27(35)29-19-33)32(20-34)24-8-5-7-23(26(24)30(2)3)18-31-15-11-22(12-16-31)17-21-9-13-28-14-10-21/h5,7-8,19-22,25,28H,4,6,9-18H2,1-3H3,(H,29,33,35). The van der Waals surface area contributed by atoms with E-state index < -0.39 is 11.9 Å². The van der Waals surface area contributed by atoms with Crippen LogP contribution in [0.15, 0.2) is 18.2 Å². The Morgan fingerprint density at radius 3 is 2.43 bits per heavy atom. The van der Waals surface area contributed by atoms with Crippen molar-refractivity contribution in [3.63, 3.8) is 0 Å². The lowest BCUT2D eigenvalue weighted by molar-refractivity contribution is -0.127. The third kappa shape index (κ3) is 7.27. The van der Waals surface area contributed by atoms with Crippen molar-refractivity contribution in [3.8, 4) is 0 Å². The first kappa shape index (κ1) is 27.1. The first-order valence-corrected chi connectivity index (χ1v) is 13.2. The Hall–Kier alpha value is -2.45. The number of imide groups is 1. The van der Waals surface area contributed by atoms with Crippen molar-refractivity contribution in [2.45, 2.75) is 64.5 Å². The number of likely N-dealkylation sites (tertiary alicyclic amines) is 1. The maximum Gasteiger partial charge on any atom is 0.249 e. The molecule has 1 aromatic rings. The molecule has 2 fully saturated rings. The molecule has 0 saturated carbocycles. The molecular weight excluding hydrogens is 442 g/mol. The fourth-order valence-corrected chi connectivity index (χ4v) is 5.76. The lowest BCUT2D eigenvalue weighted by Gasteiger charge is -2.36. The second kappa shape index (κ2) is 13.6. The summed E-state index contributed by atoms with van der Waals surface area (Å²) in [5.41, 5.74) is 2.78. The van der Waals surface area contributed by atoms with Crippen molar-refractivity contribution in [1.82, 2.24) is 15.5 Å². The number of anilines is 2. The van der Waals surface area contributed by atoms with Crippen LogP contribution >= 0.6 is 0 Å². The number of para-hydroxylation sites is 1. The van der Waals surface area contributed by atoms with Crippen molar-refractivity contribution in [3.05, 3.63) is 23.8 Å². The van der Waals surface area contributed by atoms with E-state index in [4.69, 9.17) is 0 Å². The molecule has 1 aromatic carbocycles. The predicted molar refractivity (Wildman–Crippen MR) is 140 cm³/mol. The molecule has 3 amide bonds. The van der Waals surface area contributed by atoms with Crippen LogP contribution in [-0.4, -0.2) is 69.9 Å². The molecule has 1 unspecified atom stereocenters. The maximum atomic E-state index is 12.6. The second-order valence-corrected chi connectivity index (χ2v) is 10.3. The Labute approximate surface area is 210 Å². The maximum absolute atomic E-state index is 12.6. The molecule has 0 aromatic heterocycles. The Balaban J connectivity index is 1.73. The summed E-state index contributed by atoms with van der Waals surface area (Å²) in [7, 11) is 3.94. The van der Waals surface area contributed by atoms with Gasteiger partial charge in [0.1, 0.15) is 6.04 Å². The van der Waals surface area contributed by atoms with Gasteiger partial charge in [0, 0.05) is 20.6 Å². The van der Waals surface area contributed by atoms with Gasteiger partial charge in [-0.3, -0.25) is 24.6 Å². The highest BCUT2D eigenvalue weighted by Crippen LogP contribution is 2.35. The lowest BCUT2D eigenvalue weighted by atomic mass is 9.83. The number of piperidine rings is 2. The van der Waals surface area contributed by atoms with Crippen molar-refractivity contribution in [2.75, 3.05) is 50.1 Å². The van der Waals surface area contributed by atoms with E-state index in [0.29, 0.717) is 31.3 Å². The fraction of sp³-hybridized carbons (Fsp3) is 0.667. The third-order valence-electron chi connectivity index (χ3n) is 7.57. The van der Waals surface area contributed by atoms with E-state index in [1.54, 1.807) is 0 Å². The topological polar surface area (TPSA) is 85.0 Å². The minimum Gasteiger partial charge on any atom is -0.376 e. The number of nitrogens with one attached hydrogen (secondary N) is 2. The number of amides is 3. The molecule has 2 N–H and O–H groups in total. The van der Waals surface area contributed by atoms with Gasteiger partial charge in [0.25, 0.3) is 0 Å². The van der Waals surface area contributed by atoms with Crippen molar-refractivity contribution in [1.29, 1.82) is 0 Å². The molecule has 2 aliphatic rings. The van der Waals surface area contributed by atoms with E-state index >= 15 is 0 Å². The number of hydrogen-bond donors (Lipinski definition) is 2. The first-order chi connectivity index (χ1) is 17.0. The minimum atomic E-state index is -0.734. The molecular formula is C27H43N5O3. The first-order valence-electron chi connectivity index (χ1n) is 13.2. The fourth-order valence-electron chi connectivity index (χ4n) is 5.76. The molecule has 194 valence electrons. The molecule has 2 aliphatic heterocycles. The SMILES string of the molecule is CCCC(C(=O)NC=O)N(C=O)c1cccc(CN2CCC(CC3CCNCC3)CC2)c1N(C)C. The number of benzene rings is 1. The van der Waals surface area contributed by atoms with Gasteiger partial charge in [0.05, 0.1) is 11.4 Å². The molecule has 35 heavy (non-hydrogen) atoms. The zero-order valence-electron chi connectivity index (χ0n) is 21.7. The van der Waals surface area contributed by atoms with Crippen LogP contribution in [0, 0.1) is 11.8 Å². The van der Waals surface area contributed by atoms with E-state index in [-0.39, 0.29) is 0 Å². The van der Waals surface area contributed by atoms with Gasteiger partial charge < -0.3 is 15.1 Å². The van der Waals surface area contributed by atoms with Crippen LogP contribution in [0.3, 0.4) is 0 Å². The number of nitrogens with zero attached hydrogens (tertiary/aromatic N) is 3. The molecule has 0 aliphatic carbocycles. The van der Waals surface area contributed by atoms with Crippen molar-refractivity contribution in [2.24, 2.45) is 11.8 Å². The number of hydrogen-bond acceptors (Lipinski definition) is 6. The molecule has 2 saturated heterocycles. The highest BCUT2D eigenvalue weighted by atomic mass is 16.2. The Bertz CT molecular complexity index is 832. The summed E-state index contributed by atoms with van der Waals surface area (Å²) in [6.07, 6.45) is 8.76. The van der Waals surface area contributed by atoms with Crippen LogP contribution in [0.1, 0.15) is 57.4 Å².